The number of benzene rings is 1. The van der Waals surface area contributed by atoms with Crippen LogP contribution in [0.4, 0.5) is 30.2 Å². The second-order valence-corrected chi connectivity index (χ2v) is 5.95. The molecule has 8 nitrogen and oxygen atoms in total. The largest absolute Gasteiger partial charge is 0.416 e. The van der Waals surface area contributed by atoms with E-state index in [1.165, 1.54) is 4.90 Å². The summed E-state index contributed by atoms with van der Waals surface area (Å²) in [5.41, 5.74) is -4.45. The lowest BCUT2D eigenvalue weighted by atomic mass is 9.99. The lowest BCUT2D eigenvalue weighted by molar-refractivity contribution is -0.393. The smallest absolute Gasteiger partial charge is 0.372 e. The van der Waals surface area contributed by atoms with Gasteiger partial charge in [-0.2, -0.15) is 13.2 Å². The van der Waals surface area contributed by atoms with E-state index in [-0.39, 0.29) is 19.7 Å². The summed E-state index contributed by atoms with van der Waals surface area (Å²) in [6.45, 7) is 3.90. The zero-order valence-electron chi connectivity index (χ0n) is 13.5. The van der Waals surface area contributed by atoms with Crippen molar-refractivity contribution in [1.82, 2.24) is 0 Å². The number of hydrogen-bond donors (Lipinski definition) is 0. The van der Waals surface area contributed by atoms with Gasteiger partial charge >= 0.3 is 6.18 Å². The van der Waals surface area contributed by atoms with E-state index in [0.717, 1.165) is 0 Å². The van der Waals surface area contributed by atoms with Gasteiger partial charge in [-0.15, -0.1) is 0 Å². The van der Waals surface area contributed by atoms with Crippen LogP contribution in [0.2, 0.25) is 0 Å². The molecule has 1 atom stereocenters. The molecule has 0 saturated carbocycles. The third kappa shape index (κ3) is 3.81. The van der Waals surface area contributed by atoms with Crippen LogP contribution in [-0.2, 0) is 10.9 Å². The molecule has 2 rings (SSSR count). The predicted octanol–water partition coefficient (Wildman–Crippen LogP) is 3.53. The maximum atomic E-state index is 12.9. The molecule has 1 heterocycles. The van der Waals surface area contributed by atoms with Crippen LogP contribution in [0.5, 0.6) is 0 Å². The molecule has 1 unspecified atom stereocenters. The van der Waals surface area contributed by atoms with Crippen LogP contribution in [-0.4, -0.2) is 35.1 Å². The Morgan fingerprint density at radius 1 is 1.24 bits per heavy atom. The molecule has 1 aromatic rings. The molecule has 25 heavy (non-hydrogen) atoms. The Morgan fingerprint density at radius 3 is 2.16 bits per heavy atom. The van der Waals surface area contributed by atoms with E-state index in [0.29, 0.717) is 18.6 Å². The first-order chi connectivity index (χ1) is 11.5. The van der Waals surface area contributed by atoms with E-state index in [9.17, 15) is 33.4 Å². The number of alkyl halides is 3. The highest BCUT2D eigenvalue weighted by molar-refractivity contribution is 5.76. The second-order valence-electron chi connectivity index (χ2n) is 5.95. The summed E-state index contributed by atoms with van der Waals surface area (Å²) in [6.07, 6.45) is -4.40. The molecular weight excluding hydrogens is 347 g/mol. The number of nitro groups is 2. The monoisotopic (exact) mass is 363 g/mol. The SMILES string of the molecule is CCC1(C)CN(c2c([N+](=O)[O-])cc(C(F)(F)F)cc2[N+](=O)[O-])CCO1. The highest BCUT2D eigenvalue weighted by atomic mass is 19.4. The standard InChI is InChI=1S/C14H16F3N3O5/c1-3-13(2)8-18(4-5-25-13)12-10(19(21)22)6-9(14(15,16)17)7-11(12)20(23)24/h6-7H,3-5,8H2,1-2H3. The van der Waals surface area contributed by atoms with E-state index in [1.807, 2.05) is 6.92 Å². The summed E-state index contributed by atoms with van der Waals surface area (Å²) in [5, 5.41) is 22.6. The Labute approximate surface area is 140 Å². The Hall–Kier alpha value is -2.43. The van der Waals surface area contributed by atoms with Crippen molar-refractivity contribution in [3.63, 3.8) is 0 Å². The Balaban J connectivity index is 2.66. The lowest BCUT2D eigenvalue weighted by Gasteiger charge is -2.40. The van der Waals surface area contributed by atoms with Crippen LogP contribution >= 0.6 is 0 Å². The van der Waals surface area contributed by atoms with Gasteiger partial charge in [-0.05, 0) is 13.3 Å². The van der Waals surface area contributed by atoms with Crippen LogP contribution in [0, 0.1) is 20.2 Å². The van der Waals surface area contributed by atoms with Crippen molar-refractivity contribution in [3.8, 4) is 0 Å². The Bertz CT molecular complexity index is 674. The number of nitro benzene ring substituents is 2. The molecule has 0 N–H and O–H groups in total. The van der Waals surface area contributed by atoms with Gasteiger partial charge in [0.15, 0.2) is 5.69 Å². The van der Waals surface area contributed by atoms with E-state index in [1.54, 1.807) is 6.92 Å². The number of morpholine rings is 1. The van der Waals surface area contributed by atoms with Crippen molar-refractivity contribution in [3.05, 3.63) is 37.9 Å². The quantitative estimate of drug-likeness (QED) is 0.599. The third-order valence-corrected chi connectivity index (χ3v) is 4.19. The summed E-state index contributed by atoms with van der Waals surface area (Å²) in [5.74, 6) is 0. The average molecular weight is 363 g/mol. The van der Waals surface area contributed by atoms with Gasteiger partial charge in [-0.25, -0.2) is 0 Å². The molecule has 0 aliphatic carbocycles. The fraction of sp³-hybridized carbons (Fsp3) is 0.571. The van der Waals surface area contributed by atoms with Crippen LogP contribution in [0.25, 0.3) is 0 Å². The van der Waals surface area contributed by atoms with Crippen LogP contribution in [0.3, 0.4) is 0 Å². The molecule has 0 bridgehead atoms. The number of anilines is 1. The third-order valence-electron chi connectivity index (χ3n) is 4.19. The van der Waals surface area contributed by atoms with Crippen molar-refractivity contribution < 1.29 is 27.8 Å². The molecule has 0 radical (unpaired) electrons. The van der Waals surface area contributed by atoms with E-state index < -0.39 is 44.2 Å². The minimum atomic E-state index is -4.93. The normalized spacial score (nSPS) is 21.2. The van der Waals surface area contributed by atoms with Crippen LogP contribution < -0.4 is 4.90 Å². The first-order valence-electron chi connectivity index (χ1n) is 7.41. The zero-order chi connectivity index (χ0) is 19.0. The van der Waals surface area contributed by atoms with Gasteiger partial charge in [0.2, 0.25) is 0 Å². The maximum Gasteiger partial charge on any atom is 0.416 e. The van der Waals surface area contributed by atoms with Crippen LogP contribution in [0.15, 0.2) is 12.1 Å². The summed E-state index contributed by atoms with van der Waals surface area (Å²) in [7, 11) is 0. The minimum Gasteiger partial charge on any atom is -0.372 e. The molecule has 1 fully saturated rings. The molecule has 0 aromatic heterocycles. The predicted molar refractivity (Wildman–Crippen MR) is 81.6 cm³/mol. The Morgan fingerprint density at radius 2 is 1.76 bits per heavy atom. The van der Waals surface area contributed by atoms with Crippen molar-refractivity contribution in [2.45, 2.75) is 32.0 Å². The van der Waals surface area contributed by atoms with Gasteiger partial charge in [0.05, 0.1) is 27.6 Å². The fourth-order valence-electron chi connectivity index (χ4n) is 2.71. The number of ether oxygens (including phenoxy) is 1. The molecule has 1 aliphatic rings. The van der Waals surface area contributed by atoms with E-state index in [2.05, 4.69) is 0 Å². The van der Waals surface area contributed by atoms with Gasteiger partial charge in [-0.1, -0.05) is 6.92 Å². The van der Waals surface area contributed by atoms with Crippen molar-refractivity contribution in [1.29, 1.82) is 0 Å². The summed E-state index contributed by atoms with van der Waals surface area (Å²) in [6, 6.07) is 0.669. The van der Waals surface area contributed by atoms with E-state index >= 15 is 0 Å². The van der Waals surface area contributed by atoms with E-state index in [4.69, 9.17) is 4.74 Å². The van der Waals surface area contributed by atoms with Gasteiger partial charge in [-0.3, -0.25) is 20.2 Å². The summed E-state index contributed by atoms with van der Waals surface area (Å²) >= 11 is 0. The van der Waals surface area contributed by atoms with Crippen molar-refractivity contribution in [2.24, 2.45) is 0 Å². The van der Waals surface area contributed by atoms with Crippen molar-refractivity contribution >= 4 is 17.1 Å². The first kappa shape index (κ1) is 18.9. The first-order valence-corrected chi connectivity index (χ1v) is 7.41. The maximum absolute atomic E-state index is 12.9. The van der Waals surface area contributed by atoms with Crippen molar-refractivity contribution in [2.75, 3.05) is 24.6 Å². The molecular formula is C14H16F3N3O5. The molecule has 11 heteroatoms. The molecule has 0 amide bonds. The van der Waals surface area contributed by atoms with Gasteiger partial charge in [0.25, 0.3) is 11.4 Å². The number of hydrogen-bond acceptors (Lipinski definition) is 6. The molecule has 138 valence electrons. The number of halogens is 3. The molecule has 1 aromatic carbocycles. The van der Waals surface area contributed by atoms with Gasteiger partial charge in [0.1, 0.15) is 0 Å². The summed E-state index contributed by atoms with van der Waals surface area (Å²) in [4.78, 5) is 21.9. The lowest BCUT2D eigenvalue weighted by Crippen LogP contribution is -2.50. The zero-order valence-corrected chi connectivity index (χ0v) is 13.5. The van der Waals surface area contributed by atoms with Gasteiger partial charge in [0, 0.05) is 25.2 Å². The van der Waals surface area contributed by atoms with Crippen LogP contribution in [0.1, 0.15) is 25.8 Å². The highest BCUT2D eigenvalue weighted by Crippen LogP contribution is 2.44. The molecule has 1 saturated heterocycles. The topological polar surface area (TPSA) is 98.8 Å². The average Bonchev–Trinajstić information content (AvgIpc) is 2.52. The number of rotatable bonds is 4. The minimum absolute atomic E-state index is 0.0938. The number of nitrogens with zero attached hydrogens (tertiary/aromatic N) is 3. The molecule has 0 spiro atoms. The molecule has 1 aliphatic heterocycles. The highest BCUT2D eigenvalue weighted by Gasteiger charge is 2.41. The van der Waals surface area contributed by atoms with Gasteiger partial charge < -0.3 is 9.64 Å². The second kappa shape index (κ2) is 6.47. The fourth-order valence-corrected chi connectivity index (χ4v) is 2.71. The summed E-state index contributed by atoms with van der Waals surface area (Å²) < 4.78 is 44.4. The Kier molecular flexibility index (Phi) is 4.89.